The van der Waals surface area contributed by atoms with Crippen LogP contribution in [0.15, 0.2) is 42.5 Å². The Kier molecular flexibility index (Phi) is 5.60. The van der Waals surface area contributed by atoms with Gasteiger partial charge in [-0.1, -0.05) is 30.3 Å². The van der Waals surface area contributed by atoms with Crippen LogP contribution in [0.4, 0.5) is 0 Å². The monoisotopic (exact) mass is 367 g/mol. The van der Waals surface area contributed by atoms with Crippen molar-refractivity contribution in [1.82, 2.24) is 14.4 Å². The van der Waals surface area contributed by atoms with Gasteiger partial charge in [-0.15, -0.1) is 0 Å². The summed E-state index contributed by atoms with van der Waals surface area (Å²) in [7, 11) is 1.99. The van der Waals surface area contributed by atoms with Crippen molar-refractivity contribution < 1.29 is 9.53 Å². The average Bonchev–Trinajstić information content (AvgIpc) is 3.11. The van der Waals surface area contributed by atoms with Gasteiger partial charge >= 0.3 is 0 Å². The molecule has 27 heavy (non-hydrogen) atoms. The number of piperidine rings is 1. The van der Waals surface area contributed by atoms with Crippen LogP contribution in [0.5, 0.6) is 0 Å². The fourth-order valence-electron chi connectivity index (χ4n) is 4.25. The molecule has 2 saturated heterocycles. The second-order valence-electron chi connectivity index (χ2n) is 7.68. The van der Waals surface area contributed by atoms with Crippen molar-refractivity contribution in [2.45, 2.75) is 12.8 Å². The average molecular weight is 367 g/mol. The Labute approximate surface area is 161 Å². The van der Waals surface area contributed by atoms with Gasteiger partial charge in [0, 0.05) is 45.5 Å². The fourth-order valence-corrected chi connectivity index (χ4v) is 4.25. The molecule has 0 bridgehead atoms. The van der Waals surface area contributed by atoms with Crippen LogP contribution in [0.1, 0.15) is 23.3 Å². The van der Waals surface area contributed by atoms with Gasteiger partial charge in [-0.3, -0.25) is 9.69 Å². The summed E-state index contributed by atoms with van der Waals surface area (Å²) in [5.74, 6) is 0.852. The summed E-state index contributed by atoms with van der Waals surface area (Å²) in [5, 5.41) is 0. The maximum atomic E-state index is 13.0. The summed E-state index contributed by atoms with van der Waals surface area (Å²) in [6, 6.07) is 14.3. The maximum absolute atomic E-state index is 13.0. The number of amides is 1. The summed E-state index contributed by atoms with van der Waals surface area (Å²) in [6.07, 6.45) is 2.19. The van der Waals surface area contributed by atoms with Gasteiger partial charge in [0.1, 0.15) is 5.69 Å². The van der Waals surface area contributed by atoms with E-state index in [1.807, 2.05) is 46.8 Å². The van der Waals surface area contributed by atoms with Crippen LogP contribution in [-0.4, -0.2) is 66.2 Å². The van der Waals surface area contributed by atoms with Crippen molar-refractivity contribution in [1.29, 1.82) is 0 Å². The van der Waals surface area contributed by atoms with Crippen molar-refractivity contribution in [3.05, 3.63) is 48.2 Å². The third-order valence-corrected chi connectivity index (χ3v) is 5.93. The Balaban J connectivity index is 1.36. The molecule has 1 aromatic carbocycles. The SMILES string of the molecule is Cn1c(C(=O)N2CCC(CN3CCOCC3)CC2)ccc1-c1ccccc1. The van der Waals surface area contributed by atoms with Crippen LogP contribution in [0, 0.1) is 5.92 Å². The number of morpholine rings is 1. The molecule has 0 unspecified atom stereocenters. The lowest BCUT2D eigenvalue weighted by Crippen LogP contribution is -2.44. The molecule has 144 valence electrons. The number of likely N-dealkylation sites (tertiary alicyclic amines) is 1. The van der Waals surface area contributed by atoms with E-state index in [4.69, 9.17) is 4.74 Å². The predicted octanol–water partition coefficient (Wildman–Crippen LogP) is 2.88. The van der Waals surface area contributed by atoms with E-state index < -0.39 is 0 Å². The Hall–Kier alpha value is -2.11. The highest BCUT2D eigenvalue weighted by Crippen LogP contribution is 2.24. The maximum Gasteiger partial charge on any atom is 0.270 e. The van der Waals surface area contributed by atoms with E-state index in [0.717, 1.165) is 75.7 Å². The number of carbonyl (C=O) groups is 1. The molecule has 2 aromatic rings. The molecule has 2 aliphatic rings. The largest absolute Gasteiger partial charge is 0.379 e. The number of hydrogen-bond acceptors (Lipinski definition) is 3. The number of nitrogens with zero attached hydrogens (tertiary/aromatic N) is 3. The first-order valence-electron chi connectivity index (χ1n) is 10.0. The first-order valence-corrected chi connectivity index (χ1v) is 10.0. The van der Waals surface area contributed by atoms with Crippen molar-refractivity contribution in [3.8, 4) is 11.3 Å². The van der Waals surface area contributed by atoms with Crippen molar-refractivity contribution >= 4 is 5.91 Å². The zero-order valence-corrected chi connectivity index (χ0v) is 16.1. The molecule has 4 rings (SSSR count). The molecular formula is C22H29N3O2. The van der Waals surface area contributed by atoms with Crippen molar-refractivity contribution in [3.63, 3.8) is 0 Å². The molecule has 3 heterocycles. The Morgan fingerprint density at radius 1 is 1.00 bits per heavy atom. The quantitative estimate of drug-likeness (QED) is 0.834. The van der Waals surface area contributed by atoms with E-state index in [2.05, 4.69) is 17.0 Å². The molecule has 5 nitrogen and oxygen atoms in total. The highest BCUT2D eigenvalue weighted by Gasteiger charge is 2.27. The number of aromatic nitrogens is 1. The van der Waals surface area contributed by atoms with Gasteiger partial charge in [0.25, 0.3) is 5.91 Å². The van der Waals surface area contributed by atoms with Crippen molar-refractivity contribution in [2.75, 3.05) is 45.9 Å². The van der Waals surface area contributed by atoms with Gasteiger partial charge < -0.3 is 14.2 Å². The van der Waals surface area contributed by atoms with Gasteiger partial charge in [0.05, 0.1) is 13.2 Å². The van der Waals surface area contributed by atoms with Crippen LogP contribution in [0.25, 0.3) is 11.3 Å². The summed E-state index contributed by atoms with van der Waals surface area (Å²) in [6.45, 7) is 6.67. The minimum absolute atomic E-state index is 0.157. The van der Waals surface area contributed by atoms with Crippen LogP contribution in [-0.2, 0) is 11.8 Å². The molecule has 2 fully saturated rings. The number of ether oxygens (including phenoxy) is 1. The van der Waals surface area contributed by atoms with Gasteiger partial charge in [-0.25, -0.2) is 0 Å². The standard InChI is InChI=1S/C22H29N3O2/c1-23-20(19-5-3-2-4-6-19)7-8-21(23)22(26)25-11-9-18(10-12-25)17-24-13-15-27-16-14-24/h2-8,18H,9-17H2,1H3. The Morgan fingerprint density at radius 3 is 2.41 bits per heavy atom. The molecule has 0 saturated carbocycles. The van der Waals surface area contributed by atoms with Gasteiger partial charge in [0.15, 0.2) is 0 Å². The number of carbonyl (C=O) groups excluding carboxylic acids is 1. The van der Waals surface area contributed by atoms with E-state index in [1.54, 1.807) is 0 Å². The Bertz CT molecular complexity index is 757. The molecule has 5 heteroatoms. The highest BCUT2D eigenvalue weighted by atomic mass is 16.5. The lowest BCUT2D eigenvalue weighted by atomic mass is 9.96. The summed E-state index contributed by atoms with van der Waals surface area (Å²) < 4.78 is 7.46. The second-order valence-corrected chi connectivity index (χ2v) is 7.68. The molecule has 0 atom stereocenters. The zero-order valence-electron chi connectivity index (χ0n) is 16.1. The minimum Gasteiger partial charge on any atom is -0.379 e. The topological polar surface area (TPSA) is 37.7 Å². The first kappa shape index (κ1) is 18.3. The lowest BCUT2D eigenvalue weighted by Gasteiger charge is -2.36. The number of benzene rings is 1. The van der Waals surface area contributed by atoms with E-state index >= 15 is 0 Å². The smallest absolute Gasteiger partial charge is 0.270 e. The van der Waals surface area contributed by atoms with Gasteiger partial charge in [-0.05, 0) is 36.5 Å². The number of rotatable bonds is 4. The van der Waals surface area contributed by atoms with Crippen LogP contribution >= 0.6 is 0 Å². The highest BCUT2D eigenvalue weighted by molar-refractivity contribution is 5.94. The predicted molar refractivity (Wildman–Crippen MR) is 107 cm³/mol. The summed E-state index contributed by atoms with van der Waals surface area (Å²) in [4.78, 5) is 17.6. The third kappa shape index (κ3) is 4.09. The second kappa shape index (κ2) is 8.28. The molecule has 0 spiro atoms. The third-order valence-electron chi connectivity index (χ3n) is 5.93. The van der Waals surface area contributed by atoms with Gasteiger partial charge in [-0.2, -0.15) is 0 Å². The normalized spacial score (nSPS) is 19.4. The van der Waals surface area contributed by atoms with Gasteiger partial charge in [0.2, 0.25) is 0 Å². The number of hydrogen-bond donors (Lipinski definition) is 0. The van der Waals surface area contributed by atoms with Crippen LogP contribution < -0.4 is 0 Å². The molecule has 0 radical (unpaired) electrons. The van der Waals surface area contributed by atoms with E-state index in [1.165, 1.54) is 0 Å². The van der Waals surface area contributed by atoms with Crippen LogP contribution in [0.2, 0.25) is 0 Å². The van der Waals surface area contributed by atoms with Crippen LogP contribution in [0.3, 0.4) is 0 Å². The molecule has 0 N–H and O–H groups in total. The van der Waals surface area contributed by atoms with E-state index in [9.17, 15) is 4.79 Å². The molecular weight excluding hydrogens is 338 g/mol. The molecule has 1 aromatic heterocycles. The fraction of sp³-hybridized carbons (Fsp3) is 0.500. The molecule has 2 aliphatic heterocycles. The van der Waals surface area contributed by atoms with Crippen molar-refractivity contribution in [2.24, 2.45) is 13.0 Å². The molecule has 0 aliphatic carbocycles. The Morgan fingerprint density at radius 2 is 1.70 bits per heavy atom. The first-order chi connectivity index (χ1) is 13.2. The summed E-state index contributed by atoms with van der Waals surface area (Å²) in [5.41, 5.74) is 3.00. The summed E-state index contributed by atoms with van der Waals surface area (Å²) >= 11 is 0. The lowest BCUT2D eigenvalue weighted by molar-refractivity contribution is 0.0242. The molecule has 1 amide bonds. The zero-order chi connectivity index (χ0) is 18.6. The van der Waals surface area contributed by atoms with E-state index in [-0.39, 0.29) is 5.91 Å². The minimum atomic E-state index is 0.157. The van der Waals surface area contributed by atoms with E-state index in [0.29, 0.717) is 5.92 Å².